The average molecular weight is 291 g/mol. The molecule has 1 aliphatic heterocycles. The van der Waals surface area contributed by atoms with Gasteiger partial charge in [-0.05, 0) is 41.0 Å². The molecule has 2 atom stereocenters. The molecule has 2 unspecified atom stereocenters. The maximum absolute atomic E-state index is 10.4. The van der Waals surface area contributed by atoms with Crippen LogP contribution >= 0.6 is 0 Å². The van der Waals surface area contributed by atoms with Gasteiger partial charge >= 0.3 is 0 Å². The van der Waals surface area contributed by atoms with Gasteiger partial charge in [-0.3, -0.25) is 0 Å². The van der Waals surface area contributed by atoms with E-state index in [0.717, 1.165) is 28.2 Å². The quantitative estimate of drug-likeness (QED) is 0.914. The van der Waals surface area contributed by atoms with Gasteiger partial charge in [-0.25, -0.2) is 0 Å². The molecule has 22 heavy (non-hydrogen) atoms. The van der Waals surface area contributed by atoms with E-state index < -0.39 is 6.23 Å². The summed E-state index contributed by atoms with van der Waals surface area (Å²) in [5.74, 6) is 0.984. The normalized spacial score (nSPS) is 22.5. The highest BCUT2D eigenvalue weighted by Crippen LogP contribution is 2.40. The van der Waals surface area contributed by atoms with Gasteiger partial charge in [0.1, 0.15) is 12.0 Å². The molecule has 0 saturated heterocycles. The Hall–Kier alpha value is -2.52. The summed E-state index contributed by atoms with van der Waals surface area (Å²) in [7, 11) is 1.66. The number of benzene rings is 1. The molecule has 0 spiro atoms. The minimum absolute atomic E-state index is 0.166. The topological polar surface area (TPSA) is 34.4 Å². The molecule has 4 rings (SSSR count). The zero-order valence-corrected chi connectivity index (χ0v) is 12.3. The van der Waals surface area contributed by atoms with Crippen LogP contribution in [0, 0.1) is 0 Å². The van der Waals surface area contributed by atoms with Crippen molar-refractivity contribution in [3.63, 3.8) is 0 Å². The number of hydrogen-bond donors (Lipinski definition) is 1. The summed E-state index contributed by atoms with van der Waals surface area (Å²) in [5, 5.41) is 10.4. The molecule has 1 N–H and O–H groups in total. The van der Waals surface area contributed by atoms with Gasteiger partial charge in [0.2, 0.25) is 0 Å². The Kier molecular flexibility index (Phi) is 3.01. The molecule has 3 nitrogen and oxygen atoms in total. The van der Waals surface area contributed by atoms with E-state index in [4.69, 9.17) is 4.74 Å². The fourth-order valence-corrected chi connectivity index (χ4v) is 3.17. The van der Waals surface area contributed by atoms with Crippen LogP contribution in [0.5, 0.6) is 0 Å². The van der Waals surface area contributed by atoms with Gasteiger partial charge in [0.25, 0.3) is 0 Å². The first-order chi connectivity index (χ1) is 10.8. The van der Waals surface area contributed by atoms with Gasteiger partial charge in [0.15, 0.2) is 0 Å². The number of ether oxygens (including phenoxy) is 1. The summed E-state index contributed by atoms with van der Waals surface area (Å²) in [6.45, 7) is 0. The van der Waals surface area contributed by atoms with Crippen molar-refractivity contribution in [1.82, 2.24) is 4.57 Å². The Morgan fingerprint density at radius 3 is 2.73 bits per heavy atom. The van der Waals surface area contributed by atoms with Crippen LogP contribution in [-0.2, 0) is 4.74 Å². The number of fused-ring (bicyclic) bond motifs is 3. The van der Waals surface area contributed by atoms with Gasteiger partial charge in [0.05, 0.1) is 7.11 Å². The van der Waals surface area contributed by atoms with Crippen LogP contribution in [0.1, 0.15) is 17.8 Å². The van der Waals surface area contributed by atoms with E-state index in [1.165, 1.54) is 0 Å². The second-order valence-electron chi connectivity index (χ2n) is 5.59. The first-order valence-corrected chi connectivity index (χ1v) is 7.37. The Morgan fingerprint density at radius 1 is 1.14 bits per heavy atom. The summed E-state index contributed by atoms with van der Waals surface area (Å²) < 4.78 is 7.22. The van der Waals surface area contributed by atoms with E-state index in [0.29, 0.717) is 0 Å². The van der Waals surface area contributed by atoms with E-state index >= 15 is 0 Å². The maximum atomic E-state index is 10.4. The lowest BCUT2D eigenvalue weighted by Crippen LogP contribution is -2.19. The first-order valence-electron chi connectivity index (χ1n) is 7.37. The summed E-state index contributed by atoms with van der Waals surface area (Å²) in [6, 6.07) is 12.4. The summed E-state index contributed by atoms with van der Waals surface area (Å²) in [5.41, 5.74) is 4.47. The lowest BCUT2D eigenvalue weighted by atomic mass is 9.88. The molecule has 0 saturated carbocycles. The Bertz CT molecular complexity index is 796. The third kappa shape index (κ3) is 2.02. The molecule has 2 heterocycles. The molecule has 1 aliphatic carbocycles. The minimum Gasteiger partial charge on any atom is -0.497 e. The van der Waals surface area contributed by atoms with Crippen molar-refractivity contribution < 1.29 is 9.84 Å². The van der Waals surface area contributed by atoms with Crippen molar-refractivity contribution in [2.75, 3.05) is 7.11 Å². The fraction of sp³-hybridized carbons (Fsp3) is 0.158. The second-order valence-corrected chi connectivity index (χ2v) is 5.59. The third-order valence-electron chi connectivity index (χ3n) is 4.29. The zero-order chi connectivity index (χ0) is 15.1. The molecule has 1 aromatic carbocycles. The fourth-order valence-electron chi connectivity index (χ4n) is 3.17. The van der Waals surface area contributed by atoms with Crippen LogP contribution in [0.15, 0.2) is 78.2 Å². The molecule has 0 fully saturated rings. The smallest absolute Gasteiger partial charge is 0.150 e. The van der Waals surface area contributed by atoms with E-state index in [1.54, 1.807) is 7.11 Å². The van der Waals surface area contributed by atoms with Crippen LogP contribution in [0.3, 0.4) is 0 Å². The number of hydrogen-bond acceptors (Lipinski definition) is 2. The molecule has 0 radical (unpaired) electrons. The summed E-state index contributed by atoms with van der Waals surface area (Å²) >= 11 is 0. The lowest BCUT2D eigenvalue weighted by molar-refractivity contribution is 0.146. The molecule has 2 aliphatic rings. The van der Waals surface area contributed by atoms with Crippen LogP contribution in [0.2, 0.25) is 0 Å². The standard InChI is InChI=1S/C19H17NO2/c1-22-16-7-8-17-14(9-16)11-19(21)20-12-15(10-18(17)20)13-5-3-2-4-6-13/h2-12,17,19,21H,1H3. The van der Waals surface area contributed by atoms with Crippen molar-refractivity contribution in [2.45, 2.75) is 12.1 Å². The molecule has 3 heteroatoms. The molecule has 110 valence electrons. The Balaban J connectivity index is 1.79. The number of methoxy groups -OCH3 is 1. The van der Waals surface area contributed by atoms with E-state index in [-0.39, 0.29) is 5.92 Å². The highest BCUT2D eigenvalue weighted by Gasteiger charge is 2.27. The van der Waals surface area contributed by atoms with Crippen molar-refractivity contribution in [3.05, 3.63) is 83.9 Å². The van der Waals surface area contributed by atoms with E-state index in [9.17, 15) is 5.11 Å². The molecular formula is C19H17NO2. The van der Waals surface area contributed by atoms with Gasteiger partial charge in [-0.15, -0.1) is 0 Å². The predicted molar refractivity (Wildman–Crippen MR) is 86.2 cm³/mol. The second kappa shape index (κ2) is 5.04. The van der Waals surface area contributed by atoms with E-state index in [1.807, 2.05) is 47.2 Å². The van der Waals surface area contributed by atoms with E-state index in [2.05, 4.69) is 24.3 Å². The highest BCUT2D eigenvalue weighted by atomic mass is 16.5. The number of allylic oxidation sites excluding steroid dienone is 4. The van der Waals surface area contributed by atoms with Crippen LogP contribution in [0.4, 0.5) is 0 Å². The maximum Gasteiger partial charge on any atom is 0.150 e. The van der Waals surface area contributed by atoms with Crippen LogP contribution in [-0.4, -0.2) is 16.8 Å². The van der Waals surface area contributed by atoms with Crippen molar-refractivity contribution >= 4 is 0 Å². The summed E-state index contributed by atoms with van der Waals surface area (Å²) in [4.78, 5) is 0. The Morgan fingerprint density at radius 2 is 1.95 bits per heavy atom. The van der Waals surface area contributed by atoms with Gasteiger partial charge in [-0.2, -0.15) is 0 Å². The van der Waals surface area contributed by atoms with Crippen LogP contribution in [0.25, 0.3) is 11.1 Å². The van der Waals surface area contributed by atoms with Crippen LogP contribution < -0.4 is 0 Å². The van der Waals surface area contributed by atoms with Gasteiger partial charge < -0.3 is 14.4 Å². The lowest BCUT2D eigenvalue weighted by Gasteiger charge is -2.28. The molecular weight excluding hydrogens is 274 g/mol. The monoisotopic (exact) mass is 291 g/mol. The summed E-state index contributed by atoms with van der Waals surface area (Å²) in [6.07, 6.45) is 9.36. The Labute approximate surface area is 129 Å². The number of aliphatic hydroxyl groups is 1. The number of rotatable bonds is 2. The van der Waals surface area contributed by atoms with Crippen molar-refractivity contribution in [3.8, 4) is 11.1 Å². The highest BCUT2D eigenvalue weighted by molar-refractivity contribution is 5.65. The number of aliphatic hydroxyl groups excluding tert-OH is 1. The first kappa shape index (κ1) is 13.2. The predicted octanol–water partition coefficient (Wildman–Crippen LogP) is 3.77. The SMILES string of the molecule is COC1=CC2=CC(O)n3cc(-c4ccccc4)cc3C2C=C1. The number of nitrogens with zero attached hydrogens (tertiary/aromatic N) is 1. The third-order valence-corrected chi connectivity index (χ3v) is 4.29. The zero-order valence-electron chi connectivity index (χ0n) is 12.3. The van der Waals surface area contributed by atoms with Crippen molar-refractivity contribution in [1.29, 1.82) is 0 Å². The average Bonchev–Trinajstić information content (AvgIpc) is 3.01. The molecule has 0 bridgehead atoms. The molecule has 2 aromatic rings. The minimum atomic E-state index is -0.639. The number of aromatic nitrogens is 1. The van der Waals surface area contributed by atoms with Crippen molar-refractivity contribution in [2.24, 2.45) is 0 Å². The molecule has 0 amide bonds. The largest absolute Gasteiger partial charge is 0.497 e. The van der Waals surface area contributed by atoms with Gasteiger partial charge in [-0.1, -0.05) is 36.4 Å². The van der Waals surface area contributed by atoms with Gasteiger partial charge in [0, 0.05) is 17.8 Å². The molecule has 1 aromatic heterocycles.